The predicted octanol–water partition coefficient (Wildman–Crippen LogP) is 4.02. The van der Waals surface area contributed by atoms with Gasteiger partial charge >= 0.3 is 0 Å². The lowest BCUT2D eigenvalue weighted by molar-refractivity contribution is -0.384. The van der Waals surface area contributed by atoms with Crippen LogP contribution in [0.2, 0.25) is 0 Å². The highest BCUT2D eigenvalue weighted by Gasteiger charge is 2.64. The van der Waals surface area contributed by atoms with E-state index in [2.05, 4.69) is 13.0 Å². The molecule has 3 heterocycles. The van der Waals surface area contributed by atoms with Gasteiger partial charge in [0.05, 0.1) is 34.7 Å². The molecule has 154 valence electrons. The number of carbonyl (C=O) groups is 2. The van der Waals surface area contributed by atoms with Crippen LogP contribution in [0.25, 0.3) is 0 Å². The van der Waals surface area contributed by atoms with E-state index in [-0.39, 0.29) is 23.4 Å². The number of unbranched alkanes of at least 4 members (excludes halogenated alkanes) is 3. The van der Waals surface area contributed by atoms with Gasteiger partial charge in [-0.3, -0.25) is 19.7 Å². The summed E-state index contributed by atoms with van der Waals surface area (Å²) in [4.78, 5) is 38.4. The molecule has 2 amide bonds. The van der Waals surface area contributed by atoms with Crippen molar-refractivity contribution in [2.45, 2.75) is 51.6 Å². The van der Waals surface area contributed by atoms with Crippen LogP contribution < -0.4 is 4.90 Å². The summed E-state index contributed by atoms with van der Waals surface area (Å²) in [5, 5.41) is 10.9. The highest BCUT2D eigenvalue weighted by Crippen LogP contribution is 2.54. The molecule has 2 saturated heterocycles. The Labute approximate surface area is 169 Å². The number of rotatable bonds is 7. The van der Waals surface area contributed by atoms with Crippen molar-refractivity contribution in [2.75, 3.05) is 11.5 Å². The zero-order chi connectivity index (χ0) is 20.8. The van der Waals surface area contributed by atoms with Gasteiger partial charge in [-0.15, -0.1) is 0 Å². The number of nitro benzene ring substituents is 1. The third-order valence-corrected chi connectivity index (χ3v) is 6.64. The van der Waals surface area contributed by atoms with E-state index in [1.54, 1.807) is 0 Å². The maximum atomic E-state index is 13.4. The standard InChI is InChI=1S/C22H26N2O5/c1-3-4-5-6-11-22-12-14(2)17(13-29-22)18-19(22)21(26)23(20(18)25)15-7-9-16(10-8-15)24(27)28/h7-10,12,17-19H,3-6,11,13H2,1-2H3/t17-,18+,19-,22+/m1/s1. The molecule has 0 unspecified atom stereocenters. The molecule has 29 heavy (non-hydrogen) atoms. The van der Waals surface area contributed by atoms with Crippen molar-refractivity contribution in [1.82, 2.24) is 0 Å². The molecule has 1 aromatic carbocycles. The van der Waals surface area contributed by atoms with Crippen molar-refractivity contribution in [2.24, 2.45) is 17.8 Å². The molecule has 7 heteroatoms. The molecule has 4 atom stereocenters. The second-order valence-corrected chi connectivity index (χ2v) is 8.36. The van der Waals surface area contributed by atoms with E-state index in [0.29, 0.717) is 12.3 Å². The van der Waals surface area contributed by atoms with E-state index < -0.39 is 22.4 Å². The van der Waals surface area contributed by atoms with Crippen LogP contribution in [0.15, 0.2) is 35.9 Å². The summed E-state index contributed by atoms with van der Waals surface area (Å²) in [5.74, 6) is -1.49. The number of non-ortho nitro benzene ring substituents is 1. The normalized spacial score (nSPS) is 30.5. The lowest BCUT2D eigenvalue weighted by Gasteiger charge is -2.50. The van der Waals surface area contributed by atoms with Gasteiger partial charge in [0.2, 0.25) is 11.8 Å². The summed E-state index contributed by atoms with van der Waals surface area (Å²) in [7, 11) is 0. The van der Waals surface area contributed by atoms with Crippen LogP contribution >= 0.6 is 0 Å². The number of nitrogens with zero attached hydrogens (tertiary/aromatic N) is 2. The van der Waals surface area contributed by atoms with E-state index in [4.69, 9.17) is 4.74 Å². The first-order valence-electron chi connectivity index (χ1n) is 10.3. The number of ether oxygens (including phenoxy) is 1. The highest BCUT2D eigenvalue weighted by molar-refractivity contribution is 6.23. The summed E-state index contributed by atoms with van der Waals surface area (Å²) >= 11 is 0. The van der Waals surface area contributed by atoms with Gasteiger partial charge in [-0.25, -0.2) is 4.90 Å². The average molecular weight is 398 g/mol. The smallest absolute Gasteiger partial charge is 0.269 e. The lowest BCUT2D eigenvalue weighted by Crippen LogP contribution is -2.56. The highest BCUT2D eigenvalue weighted by atomic mass is 16.6. The Bertz CT molecular complexity index is 878. The summed E-state index contributed by atoms with van der Waals surface area (Å²) in [5.41, 5.74) is 0.718. The van der Waals surface area contributed by atoms with E-state index in [9.17, 15) is 19.7 Å². The average Bonchev–Trinajstić information content (AvgIpc) is 2.98. The number of hydrogen-bond donors (Lipinski definition) is 0. The first-order valence-corrected chi connectivity index (χ1v) is 10.3. The Morgan fingerprint density at radius 1 is 1.17 bits per heavy atom. The van der Waals surface area contributed by atoms with Crippen molar-refractivity contribution in [1.29, 1.82) is 0 Å². The number of amides is 2. The van der Waals surface area contributed by atoms with Crippen LogP contribution in [0, 0.1) is 27.9 Å². The lowest BCUT2D eigenvalue weighted by atomic mass is 9.62. The maximum Gasteiger partial charge on any atom is 0.269 e. The van der Waals surface area contributed by atoms with Crippen molar-refractivity contribution >= 4 is 23.2 Å². The third kappa shape index (κ3) is 3.08. The quantitative estimate of drug-likeness (QED) is 0.228. The molecule has 0 spiro atoms. The minimum absolute atomic E-state index is 0.0708. The molecule has 3 aliphatic heterocycles. The Hall–Kier alpha value is -2.54. The first kappa shape index (κ1) is 19.8. The molecule has 7 nitrogen and oxygen atoms in total. The van der Waals surface area contributed by atoms with Crippen LogP contribution in [0.5, 0.6) is 0 Å². The maximum absolute atomic E-state index is 13.4. The SMILES string of the molecule is CCCCCC[C@@]12C=C(C)[C@@H](CO1)[C@@H]1C(=O)N(c3ccc([N+](=O)[O-])cc3)C(=O)[C@@H]12. The molecule has 1 aromatic rings. The Kier molecular flexibility index (Phi) is 5.02. The molecule has 0 N–H and O–H groups in total. The first-order chi connectivity index (χ1) is 13.9. The molecule has 0 radical (unpaired) electrons. The topological polar surface area (TPSA) is 89.8 Å². The van der Waals surface area contributed by atoms with Crippen LogP contribution in [0.1, 0.15) is 46.0 Å². The van der Waals surface area contributed by atoms with Crippen molar-refractivity contribution in [3.8, 4) is 0 Å². The largest absolute Gasteiger partial charge is 0.369 e. The molecule has 0 aromatic heterocycles. The molecular formula is C22H26N2O5. The fourth-order valence-corrected chi connectivity index (χ4v) is 5.19. The summed E-state index contributed by atoms with van der Waals surface area (Å²) in [6.45, 7) is 4.64. The number of fused-ring (bicyclic) bond motifs is 1. The number of hydrogen-bond acceptors (Lipinski definition) is 5. The van der Waals surface area contributed by atoms with Crippen LogP contribution in [-0.2, 0) is 14.3 Å². The zero-order valence-corrected chi connectivity index (χ0v) is 16.8. The van der Waals surface area contributed by atoms with Gasteiger partial charge in [-0.1, -0.05) is 44.3 Å². The molecule has 2 fully saturated rings. The van der Waals surface area contributed by atoms with Gasteiger partial charge in [0.15, 0.2) is 0 Å². The monoisotopic (exact) mass is 398 g/mol. The fourth-order valence-electron chi connectivity index (χ4n) is 5.19. The summed E-state index contributed by atoms with van der Waals surface area (Å²) in [6.07, 6.45) is 7.09. The number of imide groups is 1. The van der Waals surface area contributed by atoms with Gasteiger partial charge in [0.1, 0.15) is 0 Å². The van der Waals surface area contributed by atoms with Gasteiger partial charge in [-0.05, 0) is 25.5 Å². The minimum Gasteiger partial charge on any atom is -0.369 e. The van der Waals surface area contributed by atoms with E-state index in [1.807, 2.05) is 6.92 Å². The van der Waals surface area contributed by atoms with E-state index >= 15 is 0 Å². The van der Waals surface area contributed by atoms with Gasteiger partial charge in [-0.2, -0.15) is 0 Å². The molecule has 0 saturated carbocycles. The van der Waals surface area contributed by atoms with Gasteiger partial charge in [0, 0.05) is 18.1 Å². The Balaban J connectivity index is 1.66. The number of nitro groups is 1. The zero-order valence-electron chi connectivity index (χ0n) is 16.8. The van der Waals surface area contributed by atoms with Crippen molar-refractivity contribution in [3.63, 3.8) is 0 Å². The number of anilines is 1. The van der Waals surface area contributed by atoms with Crippen LogP contribution in [-0.4, -0.2) is 28.9 Å². The second kappa shape index (κ2) is 7.37. The predicted molar refractivity (Wildman–Crippen MR) is 107 cm³/mol. The van der Waals surface area contributed by atoms with E-state index in [1.165, 1.54) is 29.2 Å². The molecule has 5 rings (SSSR count). The van der Waals surface area contributed by atoms with Crippen LogP contribution in [0.4, 0.5) is 11.4 Å². The Morgan fingerprint density at radius 3 is 2.52 bits per heavy atom. The molecule has 2 bridgehead atoms. The number of carbonyl (C=O) groups excluding carboxylic acids is 2. The fraction of sp³-hybridized carbons (Fsp3) is 0.545. The van der Waals surface area contributed by atoms with Crippen LogP contribution in [0.3, 0.4) is 0 Å². The van der Waals surface area contributed by atoms with Crippen molar-refractivity contribution < 1.29 is 19.2 Å². The third-order valence-electron chi connectivity index (χ3n) is 6.64. The Morgan fingerprint density at radius 2 is 1.90 bits per heavy atom. The summed E-state index contributed by atoms with van der Waals surface area (Å²) in [6, 6.07) is 5.60. The summed E-state index contributed by atoms with van der Waals surface area (Å²) < 4.78 is 6.22. The molecule has 1 aliphatic carbocycles. The molecule has 4 aliphatic rings. The van der Waals surface area contributed by atoms with Gasteiger partial charge < -0.3 is 4.74 Å². The number of benzene rings is 1. The van der Waals surface area contributed by atoms with E-state index in [0.717, 1.165) is 37.7 Å². The van der Waals surface area contributed by atoms with Gasteiger partial charge in [0.25, 0.3) is 5.69 Å². The molecular weight excluding hydrogens is 372 g/mol. The minimum atomic E-state index is -0.723. The van der Waals surface area contributed by atoms with Crippen molar-refractivity contribution in [3.05, 3.63) is 46.0 Å². The second-order valence-electron chi connectivity index (χ2n) is 8.36.